The highest BCUT2D eigenvalue weighted by atomic mass is 16.7. The Kier molecular flexibility index (Phi) is 31.9. The van der Waals surface area contributed by atoms with Gasteiger partial charge in [0.1, 0.15) is 0 Å². The van der Waals surface area contributed by atoms with Crippen LogP contribution in [0.25, 0.3) is 0 Å². The minimum Gasteiger partial charge on any atom is -0.475 e. The Labute approximate surface area is 226 Å². The van der Waals surface area contributed by atoms with Gasteiger partial charge in [-0.1, -0.05) is 117 Å². The lowest BCUT2D eigenvalue weighted by atomic mass is 10.1. The summed E-state index contributed by atoms with van der Waals surface area (Å²) in [5.41, 5.74) is 0. The fourth-order valence-corrected chi connectivity index (χ4v) is 4.25. The van der Waals surface area contributed by atoms with Gasteiger partial charge < -0.3 is 18.9 Å². The van der Waals surface area contributed by atoms with Crippen molar-refractivity contribution in [1.29, 1.82) is 0 Å². The minimum atomic E-state index is -0.0353. The molecular formula is C32H64O4. The highest BCUT2D eigenvalue weighted by Gasteiger charge is 2.09. The van der Waals surface area contributed by atoms with E-state index in [1.54, 1.807) is 6.26 Å². The van der Waals surface area contributed by atoms with Gasteiger partial charge in [0.05, 0.1) is 12.9 Å². The van der Waals surface area contributed by atoms with E-state index >= 15 is 0 Å². The summed E-state index contributed by atoms with van der Waals surface area (Å²) in [6.45, 7) is 9.63. The van der Waals surface area contributed by atoms with Gasteiger partial charge in [-0.15, -0.1) is 0 Å². The lowest BCUT2D eigenvalue weighted by Gasteiger charge is -2.19. The van der Waals surface area contributed by atoms with E-state index < -0.39 is 0 Å². The van der Waals surface area contributed by atoms with Gasteiger partial charge in [-0.2, -0.15) is 0 Å². The molecule has 0 aliphatic heterocycles. The van der Waals surface area contributed by atoms with Crippen LogP contribution in [0.3, 0.4) is 0 Å². The van der Waals surface area contributed by atoms with Gasteiger partial charge in [0.25, 0.3) is 0 Å². The standard InChI is InChI=1S/C32H64O4/c1-4-7-10-13-17-22-27-33-31-34-28-23-20-16-21-26-32(35-29-24-18-14-11-8-5-2)36-30-25-19-15-12-9-6-3/h23,28,32H,4-22,24-27,29-31H2,1-3H3. The maximum absolute atomic E-state index is 6.13. The van der Waals surface area contributed by atoms with Gasteiger partial charge >= 0.3 is 0 Å². The van der Waals surface area contributed by atoms with Crippen molar-refractivity contribution in [2.24, 2.45) is 0 Å². The van der Waals surface area contributed by atoms with Crippen molar-refractivity contribution in [3.63, 3.8) is 0 Å². The Balaban J connectivity index is 3.80. The van der Waals surface area contributed by atoms with E-state index in [0.29, 0.717) is 6.79 Å². The average molecular weight is 513 g/mol. The predicted molar refractivity (Wildman–Crippen MR) is 155 cm³/mol. The van der Waals surface area contributed by atoms with Crippen LogP contribution in [0.4, 0.5) is 0 Å². The summed E-state index contributed by atoms with van der Waals surface area (Å²) in [6.07, 6.45) is 31.4. The van der Waals surface area contributed by atoms with Gasteiger partial charge in [-0.25, -0.2) is 0 Å². The third kappa shape index (κ3) is 29.6. The number of allylic oxidation sites excluding steroid dienone is 1. The number of hydrogen-bond donors (Lipinski definition) is 0. The maximum atomic E-state index is 6.13. The molecule has 0 aromatic rings. The number of ether oxygens (including phenoxy) is 4. The zero-order valence-corrected chi connectivity index (χ0v) is 24.7. The van der Waals surface area contributed by atoms with Crippen LogP contribution in [-0.2, 0) is 18.9 Å². The summed E-state index contributed by atoms with van der Waals surface area (Å²) in [5, 5.41) is 0. The molecule has 0 saturated carbocycles. The summed E-state index contributed by atoms with van der Waals surface area (Å²) >= 11 is 0. The quantitative estimate of drug-likeness (QED) is 0.0526. The van der Waals surface area contributed by atoms with Gasteiger partial charge in [-0.05, 0) is 51.0 Å². The Bertz CT molecular complexity index is 395. The molecule has 0 radical (unpaired) electrons. The minimum absolute atomic E-state index is 0.0353. The fourth-order valence-electron chi connectivity index (χ4n) is 4.25. The van der Waals surface area contributed by atoms with Crippen molar-refractivity contribution in [2.45, 2.75) is 168 Å². The van der Waals surface area contributed by atoms with Gasteiger partial charge in [0.15, 0.2) is 13.1 Å². The first kappa shape index (κ1) is 35.4. The van der Waals surface area contributed by atoms with E-state index in [1.807, 2.05) is 0 Å². The SMILES string of the molecule is CCCCCCCCOCOC=CCCCCC(OCCCCCCCC)OCCCCCCCC. The van der Waals surface area contributed by atoms with Crippen LogP contribution in [0.1, 0.15) is 162 Å². The van der Waals surface area contributed by atoms with Crippen molar-refractivity contribution in [3.8, 4) is 0 Å². The van der Waals surface area contributed by atoms with Crippen LogP contribution < -0.4 is 0 Å². The lowest BCUT2D eigenvalue weighted by molar-refractivity contribution is -0.148. The second-order valence-electron chi connectivity index (χ2n) is 10.3. The largest absolute Gasteiger partial charge is 0.475 e. The molecule has 36 heavy (non-hydrogen) atoms. The molecule has 0 atom stereocenters. The maximum Gasteiger partial charge on any atom is 0.188 e. The molecule has 4 heteroatoms. The van der Waals surface area contributed by atoms with Crippen LogP contribution in [0.5, 0.6) is 0 Å². The molecule has 0 aromatic heterocycles. The molecule has 0 bridgehead atoms. The molecule has 0 aromatic carbocycles. The molecule has 0 aliphatic rings. The van der Waals surface area contributed by atoms with E-state index in [9.17, 15) is 0 Å². The van der Waals surface area contributed by atoms with Crippen molar-refractivity contribution in [2.75, 3.05) is 26.6 Å². The van der Waals surface area contributed by atoms with Gasteiger partial charge in [0, 0.05) is 13.2 Å². The van der Waals surface area contributed by atoms with Crippen molar-refractivity contribution in [3.05, 3.63) is 12.3 Å². The van der Waals surface area contributed by atoms with Crippen molar-refractivity contribution >= 4 is 0 Å². The molecule has 0 rings (SSSR count). The molecule has 0 aliphatic carbocycles. The lowest BCUT2D eigenvalue weighted by Crippen LogP contribution is -2.19. The molecule has 0 fully saturated rings. The van der Waals surface area contributed by atoms with Crippen LogP contribution in [0, 0.1) is 0 Å². The molecule has 216 valence electrons. The third-order valence-electron chi connectivity index (χ3n) is 6.65. The van der Waals surface area contributed by atoms with Crippen LogP contribution in [0.2, 0.25) is 0 Å². The van der Waals surface area contributed by atoms with E-state index in [-0.39, 0.29) is 6.29 Å². The first-order chi connectivity index (χ1) is 17.8. The normalized spacial score (nSPS) is 11.8. The van der Waals surface area contributed by atoms with E-state index in [1.165, 1.54) is 96.3 Å². The molecule has 0 spiro atoms. The van der Waals surface area contributed by atoms with Crippen LogP contribution in [-0.4, -0.2) is 32.9 Å². The predicted octanol–water partition coefficient (Wildman–Crippen LogP) is 10.5. The first-order valence-corrected chi connectivity index (χ1v) is 15.9. The average Bonchev–Trinajstić information content (AvgIpc) is 2.89. The topological polar surface area (TPSA) is 36.9 Å². The van der Waals surface area contributed by atoms with E-state index in [2.05, 4.69) is 26.8 Å². The highest BCUT2D eigenvalue weighted by molar-refractivity contribution is 4.72. The van der Waals surface area contributed by atoms with Gasteiger partial charge in [0.2, 0.25) is 0 Å². The Hall–Kier alpha value is -0.580. The van der Waals surface area contributed by atoms with Crippen LogP contribution in [0.15, 0.2) is 12.3 Å². The van der Waals surface area contributed by atoms with Crippen LogP contribution >= 0.6 is 0 Å². The van der Waals surface area contributed by atoms with E-state index in [0.717, 1.165) is 64.8 Å². The number of rotatable bonds is 31. The van der Waals surface area contributed by atoms with Crippen molar-refractivity contribution < 1.29 is 18.9 Å². The molecule has 0 heterocycles. The molecule has 0 saturated heterocycles. The second kappa shape index (κ2) is 32.4. The highest BCUT2D eigenvalue weighted by Crippen LogP contribution is 2.13. The molecular weight excluding hydrogens is 448 g/mol. The number of hydrogen-bond acceptors (Lipinski definition) is 4. The molecule has 0 N–H and O–H groups in total. The summed E-state index contributed by atoms with van der Waals surface area (Å²) in [4.78, 5) is 0. The molecule has 4 nitrogen and oxygen atoms in total. The zero-order valence-electron chi connectivity index (χ0n) is 24.7. The van der Waals surface area contributed by atoms with Gasteiger partial charge in [-0.3, -0.25) is 0 Å². The first-order valence-electron chi connectivity index (χ1n) is 15.9. The summed E-state index contributed by atoms with van der Waals surface area (Å²) in [5.74, 6) is 0. The smallest absolute Gasteiger partial charge is 0.188 e. The molecule has 0 unspecified atom stereocenters. The monoisotopic (exact) mass is 512 g/mol. The second-order valence-corrected chi connectivity index (χ2v) is 10.3. The zero-order chi connectivity index (χ0) is 26.2. The Morgan fingerprint density at radius 3 is 1.50 bits per heavy atom. The van der Waals surface area contributed by atoms with Crippen molar-refractivity contribution in [1.82, 2.24) is 0 Å². The number of unbranched alkanes of at least 4 members (excludes halogenated alkanes) is 17. The fraction of sp³-hybridized carbons (Fsp3) is 0.938. The third-order valence-corrected chi connectivity index (χ3v) is 6.65. The molecule has 0 amide bonds. The Morgan fingerprint density at radius 2 is 0.972 bits per heavy atom. The Morgan fingerprint density at radius 1 is 0.500 bits per heavy atom. The summed E-state index contributed by atoms with van der Waals surface area (Å²) in [6, 6.07) is 0. The summed E-state index contributed by atoms with van der Waals surface area (Å²) < 4.78 is 23.3. The summed E-state index contributed by atoms with van der Waals surface area (Å²) in [7, 11) is 0. The van der Waals surface area contributed by atoms with E-state index in [4.69, 9.17) is 18.9 Å².